The van der Waals surface area contributed by atoms with Crippen molar-refractivity contribution in [1.29, 1.82) is 10.8 Å². The number of anilines is 3. The number of nitrogens with zero attached hydrogens (tertiary/aromatic N) is 7. The third-order valence-corrected chi connectivity index (χ3v) is 13.1. The molecule has 5 heterocycles. The van der Waals surface area contributed by atoms with E-state index in [-0.39, 0.29) is 30.2 Å². The van der Waals surface area contributed by atoms with Crippen LogP contribution in [0.1, 0.15) is 70.0 Å². The number of fused-ring (bicyclic) bond motifs is 2. The molecule has 0 spiro atoms. The van der Waals surface area contributed by atoms with Gasteiger partial charge in [0.25, 0.3) is 5.91 Å². The average Bonchev–Trinajstić information content (AvgIpc) is 3.52. The lowest BCUT2D eigenvalue weighted by Crippen LogP contribution is -2.44. The van der Waals surface area contributed by atoms with Crippen LogP contribution in [-0.4, -0.2) is 86.1 Å². The van der Waals surface area contributed by atoms with Gasteiger partial charge < -0.3 is 25.3 Å². The average molecular weight is 846 g/mol. The van der Waals surface area contributed by atoms with Gasteiger partial charge in [0, 0.05) is 84.6 Å². The van der Waals surface area contributed by atoms with Crippen LogP contribution in [0.5, 0.6) is 0 Å². The molecule has 2 atom stereocenters. The fourth-order valence-electron chi connectivity index (χ4n) is 9.88. The van der Waals surface area contributed by atoms with Gasteiger partial charge in [-0.3, -0.25) is 30.3 Å². The molecule has 3 aliphatic rings. The number of amides is 4. The van der Waals surface area contributed by atoms with Crippen LogP contribution in [0.2, 0.25) is 0 Å². The highest BCUT2D eigenvalue weighted by Crippen LogP contribution is 2.53. The summed E-state index contributed by atoms with van der Waals surface area (Å²) in [6.07, 6.45) is 3.46. The molecule has 15 heteroatoms. The van der Waals surface area contributed by atoms with E-state index in [2.05, 4.69) is 41.6 Å². The number of carbonyl (C=O) groups excluding carboxylic acids is 2. The minimum absolute atomic E-state index is 0.127. The Morgan fingerprint density at radius 1 is 0.968 bits per heavy atom. The van der Waals surface area contributed by atoms with E-state index in [1.54, 1.807) is 21.7 Å². The number of rotatable bonds is 10. The van der Waals surface area contributed by atoms with E-state index >= 15 is 4.79 Å². The standard InChI is InChI=1S/C48H51N11O4/c1-7-38-30(5)36(12-14-52-38)31-8-11-41-32(21-31)23-42(58(41)48(24-29(48)4)45(50)53-46(61)62)44(60)55-15-13-40-37(26-55)43(59(54-40)35-19-27(2)18-28(3)20-35)57-17-16-56(47(57)63)34-9-10-39(51-6)33(22-34)25-49/h8-12,14,18-23,25,29,49,51H,7,13,15-17,24,26H2,1-6H3,(H2,50,53)(H,61,62)/t29-,48-/m0/s1. The fourth-order valence-corrected chi connectivity index (χ4v) is 9.88. The number of amidine groups is 1. The van der Waals surface area contributed by atoms with Crippen LogP contribution in [0.3, 0.4) is 0 Å². The first-order valence-electron chi connectivity index (χ1n) is 21.4. The summed E-state index contributed by atoms with van der Waals surface area (Å²) in [6.45, 7) is 11.5. The molecule has 2 fully saturated rings. The highest BCUT2D eigenvalue weighted by molar-refractivity contribution is 6.08. The summed E-state index contributed by atoms with van der Waals surface area (Å²) in [6, 6.07) is 21.4. The number of aromatic nitrogens is 4. The zero-order chi connectivity index (χ0) is 44.5. The highest BCUT2D eigenvalue weighted by atomic mass is 16.4. The molecule has 1 saturated carbocycles. The second kappa shape index (κ2) is 15.6. The van der Waals surface area contributed by atoms with Crippen molar-refractivity contribution in [3.63, 3.8) is 0 Å². The largest absolute Gasteiger partial charge is 0.465 e. The van der Waals surface area contributed by atoms with Crippen LogP contribution in [0.15, 0.2) is 72.9 Å². The van der Waals surface area contributed by atoms with E-state index in [1.807, 2.05) is 90.8 Å². The van der Waals surface area contributed by atoms with Crippen molar-refractivity contribution in [2.45, 2.75) is 66.0 Å². The lowest BCUT2D eigenvalue weighted by atomic mass is 9.98. The SMILES string of the molecule is CCc1nccc(-c2ccc3c(c2)cc(C(=O)N2CCc4nn(-c5cc(C)cc(C)c5)c(N5CCN(c6ccc(NC)c(C=N)c6)C5=O)c4C2)n3[C@@]2(C(=N)NC(=O)O)C[C@@H]2C)c1C. The van der Waals surface area contributed by atoms with Crippen LogP contribution < -0.4 is 20.4 Å². The maximum absolute atomic E-state index is 15.3. The number of urea groups is 1. The van der Waals surface area contributed by atoms with Crippen molar-refractivity contribution in [3.05, 3.63) is 118 Å². The predicted octanol–water partition coefficient (Wildman–Crippen LogP) is 8.04. The van der Waals surface area contributed by atoms with Crippen molar-refractivity contribution in [2.24, 2.45) is 5.92 Å². The maximum atomic E-state index is 15.3. The summed E-state index contributed by atoms with van der Waals surface area (Å²) >= 11 is 0. The Labute approximate surface area is 365 Å². The Balaban J connectivity index is 1.14. The number of benzene rings is 3. The summed E-state index contributed by atoms with van der Waals surface area (Å²) in [7, 11) is 1.80. The van der Waals surface area contributed by atoms with E-state index < -0.39 is 11.6 Å². The number of hydrogen-bond acceptors (Lipinski definition) is 8. The van der Waals surface area contributed by atoms with Gasteiger partial charge in [-0.25, -0.2) is 14.3 Å². The topological polar surface area (TPSA) is 189 Å². The molecule has 63 heavy (non-hydrogen) atoms. The minimum Gasteiger partial charge on any atom is -0.465 e. The Hall–Kier alpha value is -7.29. The molecule has 0 radical (unpaired) electrons. The molecule has 1 saturated heterocycles. The number of hydrogen-bond donors (Lipinski definition) is 5. The third-order valence-electron chi connectivity index (χ3n) is 13.1. The molecule has 5 N–H and O–H groups in total. The lowest BCUT2D eigenvalue weighted by Gasteiger charge is -2.30. The highest BCUT2D eigenvalue weighted by Gasteiger charge is 2.59. The normalized spacial score (nSPS) is 18.2. The molecule has 3 aromatic heterocycles. The van der Waals surface area contributed by atoms with Gasteiger partial charge in [-0.2, -0.15) is 5.10 Å². The molecule has 2 aliphatic heterocycles. The minimum atomic E-state index is -1.33. The molecule has 6 aromatic rings. The van der Waals surface area contributed by atoms with Crippen LogP contribution in [0.4, 0.5) is 26.8 Å². The molecular formula is C48H51N11O4. The van der Waals surface area contributed by atoms with Gasteiger partial charge in [-0.05, 0) is 122 Å². The predicted molar refractivity (Wildman–Crippen MR) is 245 cm³/mol. The van der Waals surface area contributed by atoms with Crippen LogP contribution in [0, 0.1) is 37.5 Å². The van der Waals surface area contributed by atoms with E-state index in [0.717, 1.165) is 73.5 Å². The third kappa shape index (κ3) is 6.78. The molecule has 322 valence electrons. The second-order valence-electron chi connectivity index (χ2n) is 17.0. The van der Waals surface area contributed by atoms with E-state index in [1.165, 1.54) is 6.21 Å². The molecule has 1 aliphatic carbocycles. The van der Waals surface area contributed by atoms with Gasteiger partial charge in [0.15, 0.2) is 0 Å². The van der Waals surface area contributed by atoms with E-state index in [9.17, 15) is 14.7 Å². The Kier molecular flexibility index (Phi) is 10.1. The van der Waals surface area contributed by atoms with Gasteiger partial charge in [-0.1, -0.05) is 26.0 Å². The van der Waals surface area contributed by atoms with Crippen molar-refractivity contribution in [1.82, 2.24) is 29.5 Å². The van der Waals surface area contributed by atoms with Gasteiger partial charge in [0.05, 0.1) is 17.9 Å². The molecule has 0 unspecified atom stereocenters. The number of nitrogens with one attached hydrogen (secondary N) is 4. The molecular weight excluding hydrogens is 795 g/mol. The summed E-state index contributed by atoms with van der Waals surface area (Å²) < 4.78 is 3.73. The van der Waals surface area contributed by atoms with Crippen molar-refractivity contribution >= 4 is 58.2 Å². The van der Waals surface area contributed by atoms with Gasteiger partial charge in [-0.15, -0.1) is 0 Å². The smallest absolute Gasteiger partial charge is 0.410 e. The van der Waals surface area contributed by atoms with E-state index in [4.69, 9.17) is 15.9 Å². The van der Waals surface area contributed by atoms with E-state index in [0.29, 0.717) is 55.2 Å². The monoisotopic (exact) mass is 845 g/mol. The fraction of sp³-hybridized carbons (Fsp3) is 0.312. The Bertz CT molecular complexity index is 2890. The number of aryl methyl sites for hydroxylation is 3. The first kappa shape index (κ1) is 41.1. The summed E-state index contributed by atoms with van der Waals surface area (Å²) in [5, 5.41) is 38.2. The molecule has 3 aromatic carbocycles. The van der Waals surface area contributed by atoms with Crippen molar-refractivity contribution in [3.8, 4) is 16.8 Å². The molecule has 15 nitrogen and oxygen atoms in total. The number of carboxylic acid groups (broad SMARTS) is 1. The molecule has 9 rings (SSSR count). The van der Waals surface area contributed by atoms with Crippen LogP contribution in [0.25, 0.3) is 27.7 Å². The molecule has 0 bridgehead atoms. The zero-order valence-electron chi connectivity index (χ0n) is 36.3. The first-order valence-corrected chi connectivity index (χ1v) is 21.4. The quantitative estimate of drug-likeness (QED) is 0.0681. The number of pyridine rings is 1. The van der Waals surface area contributed by atoms with Gasteiger partial charge >= 0.3 is 12.1 Å². The zero-order valence-corrected chi connectivity index (χ0v) is 36.3. The number of carbonyl (C=O) groups is 3. The van der Waals surface area contributed by atoms with Crippen molar-refractivity contribution < 1.29 is 19.5 Å². The second-order valence-corrected chi connectivity index (χ2v) is 17.0. The first-order chi connectivity index (χ1) is 30.3. The molecule has 4 amide bonds. The van der Waals surface area contributed by atoms with Crippen LogP contribution >= 0.6 is 0 Å². The summed E-state index contributed by atoms with van der Waals surface area (Å²) in [4.78, 5) is 51.7. The Morgan fingerprint density at radius 2 is 1.71 bits per heavy atom. The lowest BCUT2D eigenvalue weighted by molar-refractivity contribution is 0.0722. The Morgan fingerprint density at radius 3 is 2.40 bits per heavy atom. The van der Waals surface area contributed by atoms with Crippen molar-refractivity contribution in [2.75, 3.05) is 41.8 Å². The maximum Gasteiger partial charge on any atom is 0.410 e. The van der Waals surface area contributed by atoms with Gasteiger partial charge in [0.1, 0.15) is 22.9 Å². The summed E-state index contributed by atoms with van der Waals surface area (Å²) in [5.74, 6) is 0.0244. The van der Waals surface area contributed by atoms with Gasteiger partial charge in [0.2, 0.25) is 0 Å². The van der Waals surface area contributed by atoms with Crippen LogP contribution in [-0.2, 0) is 24.9 Å². The summed E-state index contributed by atoms with van der Waals surface area (Å²) in [5.41, 5.74) is 10.7.